The molecule has 1 aliphatic carbocycles. The average molecular weight is 303 g/mol. The maximum absolute atomic E-state index is 10.0. The van der Waals surface area contributed by atoms with Crippen LogP contribution in [0.2, 0.25) is 0 Å². The summed E-state index contributed by atoms with van der Waals surface area (Å²) in [7, 11) is 1.06. The molecule has 1 saturated carbocycles. The van der Waals surface area contributed by atoms with Crippen molar-refractivity contribution in [2.45, 2.75) is 13.8 Å². The maximum atomic E-state index is 10.0. The number of hydrogen-bond donors (Lipinski definition) is 0. The van der Waals surface area contributed by atoms with E-state index in [0.29, 0.717) is 0 Å². The largest absolute Gasteiger partial charge is 0.259 e. The van der Waals surface area contributed by atoms with E-state index >= 15 is 0 Å². The summed E-state index contributed by atoms with van der Waals surface area (Å²) in [5, 5.41) is 10.0. The first-order chi connectivity index (χ1) is 8.11. The van der Waals surface area contributed by atoms with E-state index in [-0.39, 0.29) is 17.1 Å². The van der Waals surface area contributed by atoms with Gasteiger partial charge >= 0.3 is 0 Å². The van der Waals surface area contributed by atoms with Gasteiger partial charge in [-0.25, -0.2) is 0 Å². The van der Waals surface area contributed by atoms with Gasteiger partial charge in [-0.2, -0.15) is 0 Å². The minimum Gasteiger partial charge on any atom is -0.259 e. The van der Waals surface area contributed by atoms with Gasteiger partial charge in [0, 0.05) is 22.7 Å². The molecule has 0 spiro atoms. The van der Waals surface area contributed by atoms with Gasteiger partial charge in [-0.15, -0.1) is 0 Å². The van der Waals surface area contributed by atoms with Crippen LogP contribution in [-0.4, -0.2) is 4.92 Å². The molecule has 0 aromatic carbocycles. The first-order valence-corrected chi connectivity index (χ1v) is 6.15. The second-order valence-electron chi connectivity index (χ2n) is 3.51. The van der Waals surface area contributed by atoms with Crippen LogP contribution in [0.3, 0.4) is 0 Å². The van der Waals surface area contributed by atoms with Crippen LogP contribution >= 0.6 is 8.58 Å². The normalized spacial score (nSPS) is 23.0. The Morgan fingerprint density at radius 1 is 1.17 bits per heavy atom. The Balaban J connectivity index is 0.000000405. The number of nitro groups is 1. The van der Waals surface area contributed by atoms with Gasteiger partial charge < -0.3 is 0 Å². The van der Waals surface area contributed by atoms with Gasteiger partial charge in [-0.05, 0) is 56.2 Å². The van der Waals surface area contributed by atoms with E-state index in [4.69, 9.17) is 0 Å². The minimum atomic E-state index is -0.441. The van der Waals surface area contributed by atoms with Crippen molar-refractivity contribution in [1.29, 1.82) is 0 Å². The molecule has 10 radical (unpaired) electrons. The van der Waals surface area contributed by atoms with Crippen LogP contribution in [0.15, 0.2) is 12.3 Å². The summed E-state index contributed by atoms with van der Waals surface area (Å²) in [5.74, 6) is 2.36. The van der Waals surface area contributed by atoms with Crippen molar-refractivity contribution < 1.29 is 22.0 Å². The summed E-state index contributed by atoms with van der Waals surface area (Å²) in [5.41, 5.74) is 1.02. The zero-order valence-corrected chi connectivity index (χ0v) is 12.2. The molecule has 0 atom stereocenters. The number of hydrogen-bond acceptors (Lipinski definition) is 2. The van der Waals surface area contributed by atoms with E-state index in [1.54, 1.807) is 6.08 Å². The molecule has 1 saturated heterocycles. The molecule has 1 aliphatic heterocycles. The van der Waals surface area contributed by atoms with Gasteiger partial charge in [0.15, 0.2) is 0 Å². The second-order valence-corrected chi connectivity index (χ2v) is 4.51. The summed E-state index contributed by atoms with van der Waals surface area (Å²) in [6.07, 6.45) is 14.6. The molecule has 2 fully saturated rings. The average Bonchev–Trinajstić information content (AvgIpc) is 2.93. The Morgan fingerprint density at radius 2 is 1.67 bits per heavy atom. The Kier molecular flexibility index (Phi) is 10.00. The van der Waals surface area contributed by atoms with Gasteiger partial charge in [-0.1, -0.05) is 22.4 Å². The fourth-order valence-electron chi connectivity index (χ4n) is 1.18. The summed E-state index contributed by atoms with van der Waals surface area (Å²) in [4.78, 5) is 9.58. The molecule has 2 rings (SSSR count). The monoisotopic (exact) mass is 303 g/mol. The number of nitrogens with zero attached hydrogens (tertiary/aromatic N) is 1. The third-order valence-corrected chi connectivity index (χ3v) is 3.56. The van der Waals surface area contributed by atoms with Crippen LogP contribution < -0.4 is 0 Å². The summed E-state index contributed by atoms with van der Waals surface area (Å²) >= 11 is 0. The molecule has 0 aromatic rings. The zero-order chi connectivity index (χ0) is 12.7. The van der Waals surface area contributed by atoms with Crippen molar-refractivity contribution in [3.8, 4) is 0 Å². The Labute approximate surface area is 123 Å². The SMILES string of the molecule is C[C]1[CH][P][C](/C=C/[N+](=O)[O-])[C]1C.[CH]1[CH][CH][CH][CH]1.[Fe]. The van der Waals surface area contributed by atoms with Gasteiger partial charge in [0.25, 0.3) is 0 Å². The zero-order valence-electron chi connectivity index (χ0n) is 10.2. The summed E-state index contributed by atoms with van der Waals surface area (Å²) < 4.78 is 0. The van der Waals surface area contributed by atoms with Crippen molar-refractivity contribution in [3.05, 3.63) is 78.2 Å². The van der Waals surface area contributed by atoms with Crippen LogP contribution in [0.25, 0.3) is 0 Å². The van der Waals surface area contributed by atoms with Crippen LogP contribution in [-0.2, 0) is 17.1 Å². The standard InChI is InChI=1S/C8H9NO2P.C5H5.Fe/c1-6-5-12-8(7(6)2)3-4-9(10)11;1-2-4-5-3-1;/h3-5H,1-2H3;1-5H;/b4-3+;;. The van der Waals surface area contributed by atoms with E-state index in [9.17, 15) is 10.1 Å². The van der Waals surface area contributed by atoms with Gasteiger partial charge in [-0.3, -0.25) is 10.1 Å². The molecule has 0 N–H and O–H groups in total. The second kappa shape index (κ2) is 9.95. The quantitative estimate of drug-likeness (QED) is 0.338. The molecule has 0 unspecified atom stereocenters. The number of rotatable bonds is 2. The van der Waals surface area contributed by atoms with Crippen LogP contribution in [0, 0.1) is 65.9 Å². The Bertz CT molecular complexity index is 262. The number of allylic oxidation sites excluding steroid dienone is 1. The summed E-state index contributed by atoms with van der Waals surface area (Å²) in [6, 6.07) is 0. The van der Waals surface area contributed by atoms with Crippen molar-refractivity contribution >= 4 is 8.58 Å². The van der Waals surface area contributed by atoms with Gasteiger partial charge in [0.1, 0.15) is 0 Å². The molecule has 0 bridgehead atoms. The van der Waals surface area contributed by atoms with Crippen LogP contribution in [0.5, 0.6) is 0 Å². The van der Waals surface area contributed by atoms with E-state index in [1.165, 1.54) is 5.92 Å². The van der Waals surface area contributed by atoms with E-state index in [2.05, 4.69) is 6.16 Å². The third kappa shape index (κ3) is 6.87. The fourth-order valence-corrected chi connectivity index (χ4v) is 2.23. The Hall–Kier alpha value is 0.0895. The first kappa shape index (κ1) is 18.1. The molecule has 0 aromatic heterocycles. The molecule has 1 heterocycles. The molecule has 0 amide bonds. The van der Waals surface area contributed by atoms with Crippen molar-refractivity contribution in [2.75, 3.05) is 0 Å². The first-order valence-electron chi connectivity index (χ1n) is 5.18. The van der Waals surface area contributed by atoms with E-state index < -0.39 is 4.92 Å². The van der Waals surface area contributed by atoms with Crippen LogP contribution in [0.4, 0.5) is 0 Å². The molecule has 96 valence electrons. The van der Waals surface area contributed by atoms with E-state index in [0.717, 1.165) is 26.4 Å². The van der Waals surface area contributed by atoms with Gasteiger partial charge in [0.2, 0.25) is 6.20 Å². The maximum Gasteiger partial charge on any atom is 0.231 e. The van der Waals surface area contributed by atoms with Crippen LogP contribution in [0.1, 0.15) is 13.8 Å². The predicted molar refractivity (Wildman–Crippen MR) is 69.9 cm³/mol. The van der Waals surface area contributed by atoms with E-state index in [1.807, 2.05) is 46.0 Å². The molecule has 5 heteroatoms. The topological polar surface area (TPSA) is 43.1 Å². The molecule has 3 nitrogen and oxygen atoms in total. The van der Waals surface area contributed by atoms with Crippen molar-refractivity contribution in [3.63, 3.8) is 0 Å². The molecule has 18 heavy (non-hydrogen) atoms. The summed E-state index contributed by atoms with van der Waals surface area (Å²) in [6.45, 7) is 3.99. The molecular formula is C13H14FeNO2P. The predicted octanol–water partition coefficient (Wildman–Crippen LogP) is 3.64. The third-order valence-electron chi connectivity index (χ3n) is 2.28. The molecule has 2 aliphatic rings. The minimum absolute atomic E-state index is 0. The molecular weight excluding hydrogens is 289 g/mol. The van der Waals surface area contributed by atoms with Crippen molar-refractivity contribution in [2.24, 2.45) is 0 Å². The smallest absolute Gasteiger partial charge is 0.231 e. The fraction of sp³-hybridized carbons (Fsp3) is 0.154. The van der Waals surface area contributed by atoms with Gasteiger partial charge in [0.05, 0.1) is 4.92 Å². The van der Waals surface area contributed by atoms with Crippen molar-refractivity contribution in [1.82, 2.24) is 0 Å². The Morgan fingerprint density at radius 3 is 2.00 bits per heavy atom.